The first-order valence-electron chi connectivity index (χ1n) is 6.72. The van der Waals surface area contributed by atoms with Gasteiger partial charge in [0.15, 0.2) is 0 Å². The maximum absolute atomic E-state index is 12.1. The van der Waals surface area contributed by atoms with Crippen LogP contribution >= 0.6 is 0 Å². The van der Waals surface area contributed by atoms with Gasteiger partial charge in [0.25, 0.3) is 0 Å². The highest BCUT2D eigenvalue weighted by molar-refractivity contribution is 7.89. The van der Waals surface area contributed by atoms with Crippen LogP contribution in [-0.2, 0) is 10.0 Å². The highest BCUT2D eigenvalue weighted by Gasteiger charge is 2.17. The van der Waals surface area contributed by atoms with Crippen molar-refractivity contribution in [2.45, 2.75) is 31.6 Å². The van der Waals surface area contributed by atoms with Crippen molar-refractivity contribution in [3.05, 3.63) is 29.3 Å². The van der Waals surface area contributed by atoms with E-state index in [4.69, 9.17) is 10.2 Å². The third kappa shape index (κ3) is 5.11. The maximum atomic E-state index is 12.1. The van der Waals surface area contributed by atoms with E-state index in [0.717, 1.165) is 6.07 Å². The molecule has 0 amide bonds. The van der Waals surface area contributed by atoms with Gasteiger partial charge in [-0.3, -0.25) is 0 Å². The largest absolute Gasteiger partial charge is 0.478 e. The molecule has 0 fully saturated rings. The highest BCUT2D eigenvalue weighted by atomic mass is 32.2. The normalized spacial score (nSPS) is 13.1. The molecule has 21 heavy (non-hydrogen) atoms. The number of carboxylic acid groups (broad SMARTS) is 1. The Labute approximate surface area is 124 Å². The second-order valence-electron chi connectivity index (χ2n) is 5.11. The minimum atomic E-state index is -3.71. The van der Waals surface area contributed by atoms with Crippen molar-refractivity contribution in [2.75, 3.05) is 13.2 Å². The Hall–Kier alpha value is -1.44. The summed E-state index contributed by atoms with van der Waals surface area (Å²) >= 11 is 0. The Morgan fingerprint density at radius 2 is 2.05 bits per heavy atom. The van der Waals surface area contributed by atoms with Crippen molar-refractivity contribution < 1.29 is 23.4 Å². The van der Waals surface area contributed by atoms with Gasteiger partial charge in [-0.25, -0.2) is 17.9 Å². The number of benzene rings is 1. The number of carboxylic acids is 1. The standard InChI is InChI=1S/C14H21NO5S/c1-10(9-16)4-3-7-15-21(19,20)12-6-5-11(2)13(8-12)14(17)18/h5-6,8,10,15-16H,3-4,7,9H2,1-2H3,(H,17,18). The molecule has 1 unspecified atom stereocenters. The van der Waals surface area contributed by atoms with Crippen LogP contribution in [0.15, 0.2) is 23.1 Å². The first kappa shape index (κ1) is 17.6. The molecule has 0 spiro atoms. The maximum Gasteiger partial charge on any atom is 0.335 e. The molecule has 0 aliphatic carbocycles. The Bertz CT molecular complexity index is 597. The molecule has 1 rings (SSSR count). The molecule has 0 saturated carbocycles. The van der Waals surface area contributed by atoms with Crippen LogP contribution in [0, 0.1) is 12.8 Å². The van der Waals surface area contributed by atoms with Crippen LogP contribution in [0.5, 0.6) is 0 Å². The van der Waals surface area contributed by atoms with Crippen LogP contribution < -0.4 is 4.72 Å². The van der Waals surface area contributed by atoms with Gasteiger partial charge >= 0.3 is 5.97 Å². The summed E-state index contributed by atoms with van der Waals surface area (Å²) in [4.78, 5) is 11.0. The van der Waals surface area contributed by atoms with E-state index in [-0.39, 0.29) is 29.5 Å². The van der Waals surface area contributed by atoms with Crippen LogP contribution in [0.2, 0.25) is 0 Å². The van der Waals surface area contributed by atoms with Crippen molar-refractivity contribution in [3.8, 4) is 0 Å². The first-order chi connectivity index (χ1) is 9.77. The van der Waals surface area contributed by atoms with Crippen LogP contribution in [0.1, 0.15) is 35.7 Å². The van der Waals surface area contributed by atoms with Gasteiger partial charge in [-0.2, -0.15) is 0 Å². The van der Waals surface area contributed by atoms with Gasteiger partial charge in [0.2, 0.25) is 10.0 Å². The zero-order valence-corrected chi connectivity index (χ0v) is 13.0. The summed E-state index contributed by atoms with van der Waals surface area (Å²) in [6, 6.07) is 4.03. The fourth-order valence-electron chi connectivity index (χ4n) is 1.83. The minimum Gasteiger partial charge on any atom is -0.478 e. The lowest BCUT2D eigenvalue weighted by Crippen LogP contribution is -2.25. The van der Waals surface area contributed by atoms with Gasteiger partial charge in [0, 0.05) is 13.2 Å². The average Bonchev–Trinajstić information content (AvgIpc) is 2.43. The van der Waals surface area contributed by atoms with Gasteiger partial charge < -0.3 is 10.2 Å². The van der Waals surface area contributed by atoms with Crippen molar-refractivity contribution in [1.82, 2.24) is 4.72 Å². The third-order valence-corrected chi connectivity index (χ3v) is 4.69. The Kier molecular flexibility index (Phi) is 6.32. The fraction of sp³-hybridized carbons (Fsp3) is 0.500. The first-order valence-corrected chi connectivity index (χ1v) is 8.20. The predicted molar refractivity (Wildman–Crippen MR) is 78.8 cm³/mol. The number of rotatable bonds is 8. The molecule has 118 valence electrons. The molecule has 0 aromatic heterocycles. The van der Waals surface area contributed by atoms with E-state index < -0.39 is 16.0 Å². The Morgan fingerprint density at radius 1 is 1.38 bits per heavy atom. The van der Waals surface area contributed by atoms with Crippen LogP contribution in [0.3, 0.4) is 0 Å². The number of aliphatic hydroxyl groups excluding tert-OH is 1. The molecule has 1 atom stereocenters. The highest BCUT2D eigenvalue weighted by Crippen LogP contribution is 2.16. The quantitative estimate of drug-likeness (QED) is 0.629. The average molecular weight is 315 g/mol. The summed E-state index contributed by atoms with van der Waals surface area (Å²) in [5, 5.41) is 17.9. The van der Waals surface area contributed by atoms with E-state index in [1.807, 2.05) is 6.92 Å². The van der Waals surface area contributed by atoms with Gasteiger partial charge in [0.1, 0.15) is 0 Å². The summed E-state index contributed by atoms with van der Waals surface area (Å²) in [6.07, 6.45) is 1.33. The lowest BCUT2D eigenvalue weighted by Gasteiger charge is -2.10. The molecular weight excluding hydrogens is 294 g/mol. The molecule has 0 aliphatic rings. The zero-order chi connectivity index (χ0) is 16.0. The summed E-state index contributed by atoms with van der Waals surface area (Å²) in [6.45, 7) is 3.83. The Morgan fingerprint density at radius 3 is 2.62 bits per heavy atom. The van der Waals surface area contributed by atoms with E-state index >= 15 is 0 Å². The lowest BCUT2D eigenvalue weighted by atomic mass is 10.1. The van der Waals surface area contributed by atoms with E-state index in [9.17, 15) is 13.2 Å². The molecule has 1 aromatic rings. The van der Waals surface area contributed by atoms with Crippen molar-refractivity contribution in [2.24, 2.45) is 5.92 Å². The van der Waals surface area contributed by atoms with E-state index in [1.54, 1.807) is 6.92 Å². The van der Waals surface area contributed by atoms with E-state index in [2.05, 4.69) is 4.72 Å². The SMILES string of the molecule is Cc1ccc(S(=O)(=O)NCCCC(C)CO)cc1C(=O)O. The number of nitrogens with one attached hydrogen (secondary N) is 1. The Balaban J connectivity index is 2.75. The second-order valence-corrected chi connectivity index (χ2v) is 6.88. The fourth-order valence-corrected chi connectivity index (χ4v) is 2.93. The zero-order valence-electron chi connectivity index (χ0n) is 12.2. The predicted octanol–water partition coefficient (Wildman–Crippen LogP) is 1.38. The molecule has 1 aromatic carbocycles. The summed E-state index contributed by atoms with van der Waals surface area (Å²) < 4.78 is 26.6. The molecule has 0 saturated heterocycles. The van der Waals surface area contributed by atoms with Crippen molar-refractivity contribution in [3.63, 3.8) is 0 Å². The molecule has 0 aliphatic heterocycles. The van der Waals surface area contributed by atoms with Crippen molar-refractivity contribution in [1.29, 1.82) is 0 Å². The number of hydrogen-bond donors (Lipinski definition) is 3. The van der Waals surface area contributed by atoms with Crippen LogP contribution in [-0.4, -0.2) is 37.8 Å². The van der Waals surface area contributed by atoms with E-state index in [1.165, 1.54) is 12.1 Å². The van der Waals surface area contributed by atoms with E-state index in [0.29, 0.717) is 18.4 Å². The molecule has 0 bridgehead atoms. The number of sulfonamides is 1. The van der Waals surface area contributed by atoms with Crippen LogP contribution in [0.25, 0.3) is 0 Å². The van der Waals surface area contributed by atoms with Gasteiger partial charge in [-0.15, -0.1) is 0 Å². The molecule has 3 N–H and O–H groups in total. The topological polar surface area (TPSA) is 104 Å². The summed E-state index contributed by atoms with van der Waals surface area (Å²) in [5.41, 5.74) is 0.491. The second kappa shape index (κ2) is 7.53. The molecule has 0 radical (unpaired) electrons. The number of hydrogen-bond acceptors (Lipinski definition) is 4. The summed E-state index contributed by atoms with van der Waals surface area (Å²) in [7, 11) is -3.71. The lowest BCUT2D eigenvalue weighted by molar-refractivity contribution is 0.0696. The number of aromatic carboxylic acids is 1. The third-order valence-electron chi connectivity index (χ3n) is 3.23. The number of aryl methyl sites for hydroxylation is 1. The van der Waals surface area contributed by atoms with Gasteiger partial charge in [-0.05, 0) is 43.4 Å². The van der Waals surface area contributed by atoms with Crippen LogP contribution in [0.4, 0.5) is 0 Å². The van der Waals surface area contributed by atoms with Crippen molar-refractivity contribution >= 4 is 16.0 Å². The number of carbonyl (C=O) groups is 1. The molecular formula is C14H21NO5S. The molecule has 0 heterocycles. The summed E-state index contributed by atoms with van der Waals surface area (Å²) in [5.74, 6) is -1.02. The smallest absolute Gasteiger partial charge is 0.335 e. The van der Waals surface area contributed by atoms with Gasteiger partial charge in [0.05, 0.1) is 10.5 Å². The number of aliphatic hydroxyl groups is 1. The molecule has 6 nitrogen and oxygen atoms in total. The molecule has 7 heteroatoms. The van der Waals surface area contributed by atoms with Gasteiger partial charge in [-0.1, -0.05) is 13.0 Å². The monoisotopic (exact) mass is 315 g/mol. The minimum absolute atomic E-state index is 0.0215.